The lowest BCUT2D eigenvalue weighted by molar-refractivity contribution is 0.847. The van der Waals surface area contributed by atoms with E-state index in [1.807, 2.05) is 180 Å². The molecular weight excluding hydrogens is 749 g/mol. The van der Waals surface area contributed by atoms with Gasteiger partial charge in [0.15, 0.2) is 0 Å². The highest BCUT2D eigenvalue weighted by Gasteiger charge is 2.28. The van der Waals surface area contributed by atoms with Crippen molar-refractivity contribution in [3.05, 3.63) is 157 Å². The van der Waals surface area contributed by atoms with Gasteiger partial charge < -0.3 is 0 Å². The minimum absolute atomic E-state index is 0.574. The van der Waals surface area contributed by atoms with Crippen molar-refractivity contribution in [2.75, 3.05) is 0 Å². The Balaban J connectivity index is 1.09. The Morgan fingerprint density at radius 1 is 0.350 bits per heavy atom. The molecule has 0 aliphatic heterocycles. The van der Waals surface area contributed by atoms with Crippen molar-refractivity contribution in [2.45, 2.75) is 27.7 Å². The molecule has 11 aromatic rings. The molecule has 0 spiro atoms. The molecule has 60 heavy (non-hydrogen) atoms. The molecule has 0 saturated heterocycles. The Morgan fingerprint density at radius 2 is 0.750 bits per heavy atom. The molecule has 0 aliphatic carbocycles. The number of para-hydroxylation sites is 3. The van der Waals surface area contributed by atoms with Gasteiger partial charge in [0.05, 0.1) is 67.2 Å². The normalized spacial score (nSPS) is 11.7. The highest BCUT2D eigenvalue weighted by molar-refractivity contribution is 6.01. The number of rotatable bonds is 7. The predicted octanol–water partition coefficient (Wildman–Crippen LogP) is 8.49. The van der Waals surface area contributed by atoms with Crippen molar-refractivity contribution in [1.29, 1.82) is 0 Å². The van der Waals surface area contributed by atoms with Crippen LogP contribution in [0.4, 0.5) is 0 Å². The van der Waals surface area contributed by atoms with Crippen LogP contribution in [0.5, 0.6) is 0 Å². The largest absolute Gasteiger partial charge is 0.240 e. The van der Waals surface area contributed by atoms with Gasteiger partial charge in [-0.1, -0.05) is 66.7 Å². The van der Waals surface area contributed by atoms with Gasteiger partial charge in [-0.25, -0.2) is 18.7 Å². The smallest absolute Gasteiger partial charge is 0.125 e. The maximum atomic E-state index is 5.32. The van der Waals surface area contributed by atoms with Gasteiger partial charge in [0.2, 0.25) is 0 Å². The van der Waals surface area contributed by atoms with E-state index in [2.05, 4.69) is 20.4 Å². The first kappa shape index (κ1) is 34.9. The lowest BCUT2D eigenvalue weighted by atomic mass is 10.0. The summed E-state index contributed by atoms with van der Waals surface area (Å²) in [6.07, 6.45) is 6.00. The Hall–Kier alpha value is -8.26. The second-order valence-electron chi connectivity index (χ2n) is 14.7. The van der Waals surface area contributed by atoms with Gasteiger partial charge in [0.1, 0.15) is 39.3 Å². The van der Waals surface area contributed by atoms with E-state index in [0.29, 0.717) is 22.8 Å². The van der Waals surface area contributed by atoms with Crippen LogP contribution in [-0.4, -0.2) is 69.7 Å². The van der Waals surface area contributed by atoms with Crippen molar-refractivity contribution in [3.63, 3.8) is 0 Å². The van der Waals surface area contributed by atoms with Gasteiger partial charge in [-0.15, -0.1) is 15.3 Å². The van der Waals surface area contributed by atoms with Crippen LogP contribution in [0.1, 0.15) is 22.8 Å². The first-order valence-corrected chi connectivity index (χ1v) is 19.4. The molecule has 0 N–H and O–H groups in total. The van der Waals surface area contributed by atoms with E-state index >= 15 is 0 Å². The second-order valence-corrected chi connectivity index (χ2v) is 14.7. The minimum atomic E-state index is 0.574. The van der Waals surface area contributed by atoms with Crippen LogP contribution in [0.3, 0.4) is 0 Å². The van der Waals surface area contributed by atoms with E-state index in [-0.39, 0.29) is 0 Å². The molecule has 0 bridgehead atoms. The number of aromatic nitrogens is 14. The Kier molecular flexibility index (Phi) is 7.98. The summed E-state index contributed by atoms with van der Waals surface area (Å²) in [6, 6.07) is 38.2. The maximum absolute atomic E-state index is 5.32. The van der Waals surface area contributed by atoms with Gasteiger partial charge in [0, 0.05) is 24.2 Å². The fourth-order valence-electron chi connectivity index (χ4n) is 7.80. The van der Waals surface area contributed by atoms with Gasteiger partial charge in [0.25, 0.3) is 0 Å². The summed E-state index contributed by atoms with van der Waals surface area (Å²) in [7, 11) is 0. The zero-order valence-corrected chi connectivity index (χ0v) is 33.0. The zero-order valence-electron chi connectivity index (χ0n) is 33.0. The SMILES string of the molecule is Cc1nnc(-c2ccc(-n3nc(-c4nnc(C)c5nn(-c6ccccc6)cc45)c(-c4nnc(C)c5nn(-c6ccccc6)cc45)c3C)cc2)c2cn(-c3ccccc3)nc12. The van der Waals surface area contributed by atoms with Crippen LogP contribution in [0, 0.1) is 27.7 Å². The van der Waals surface area contributed by atoms with Crippen LogP contribution in [0.15, 0.2) is 134 Å². The Labute approximate surface area is 342 Å². The molecule has 7 heterocycles. The monoisotopic (exact) mass is 782 g/mol. The van der Waals surface area contributed by atoms with Crippen LogP contribution in [0.25, 0.3) is 89.4 Å². The van der Waals surface area contributed by atoms with E-state index in [9.17, 15) is 0 Å². The molecule has 0 unspecified atom stereocenters. The molecule has 11 rings (SSSR count). The molecule has 7 aromatic heterocycles. The first-order valence-electron chi connectivity index (χ1n) is 19.4. The van der Waals surface area contributed by atoms with Crippen LogP contribution in [-0.2, 0) is 0 Å². The number of fused-ring (bicyclic) bond motifs is 3. The third-order valence-corrected chi connectivity index (χ3v) is 10.9. The number of hydrogen-bond donors (Lipinski definition) is 0. The molecule has 0 atom stereocenters. The first-order chi connectivity index (χ1) is 29.4. The number of nitrogens with zero attached hydrogens (tertiary/aromatic N) is 14. The molecule has 0 amide bonds. The average Bonchev–Trinajstić information content (AvgIpc) is 4.11. The third kappa shape index (κ3) is 5.64. The lowest BCUT2D eigenvalue weighted by Crippen LogP contribution is -2.00. The summed E-state index contributed by atoms with van der Waals surface area (Å²) in [5.74, 6) is 0. The number of aryl methyl sites for hydroxylation is 3. The zero-order chi connectivity index (χ0) is 40.5. The molecule has 4 aromatic carbocycles. The number of hydrogen-bond acceptors (Lipinski definition) is 10. The van der Waals surface area contributed by atoms with Gasteiger partial charge in [-0.05, 0) is 76.2 Å². The minimum Gasteiger partial charge on any atom is -0.240 e. The molecule has 14 nitrogen and oxygen atoms in total. The third-order valence-electron chi connectivity index (χ3n) is 10.9. The van der Waals surface area contributed by atoms with Crippen molar-refractivity contribution in [1.82, 2.24) is 69.7 Å². The standard InChI is InChI=1S/C46H34N14/c1-27-40-36(24-57(53-40)32-14-8-5-9-15-32)43(50-47-27)31-20-22-35(23-21-31)60-30(4)39(44-37-25-58(33-16-10-6-11-17-33)54-41(37)28(2)48-51-44)46(56-60)45-38-26-59(34-18-12-7-13-19-34)55-42(38)29(3)49-52-45/h5-26H,1-4H3. The van der Waals surface area contributed by atoms with E-state index < -0.39 is 0 Å². The highest BCUT2D eigenvalue weighted by Crippen LogP contribution is 2.40. The molecule has 288 valence electrons. The summed E-state index contributed by atoms with van der Waals surface area (Å²) in [6.45, 7) is 7.80. The fraction of sp³-hybridized carbons (Fsp3) is 0.0870. The summed E-state index contributed by atoms with van der Waals surface area (Å²) < 4.78 is 7.51. The summed E-state index contributed by atoms with van der Waals surface area (Å²) in [5.41, 5.74) is 13.1. The number of benzene rings is 4. The molecular formula is C46H34N14. The van der Waals surface area contributed by atoms with Crippen molar-refractivity contribution in [3.8, 4) is 56.7 Å². The molecule has 0 fully saturated rings. The summed E-state index contributed by atoms with van der Waals surface area (Å²) >= 11 is 0. The van der Waals surface area contributed by atoms with Crippen molar-refractivity contribution in [2.24, 2.45) is 0 Å². The Morgan fingerprint density at radius 3 is 1.22 bits per heavy atom. The topological polar surface area (TPSA) is 149 Å². The summed E-state index contributed by atoms with van der Waals surface area (Å²) in [4.78, 5) is 0. The lowest BCUT2D eigenvalue weighted by Gasteiger charge is -2.08. The second kappa shape index (κ2) is 13.7. The van der Waals surface area contributed by atoms with E-state index in [1.165, 1.54) is 0 Å². The highest BCUT2D eigenvalue weighted by atomic mass is 15.3. The van der Waals surface area contributed by atoms with E-state index in [1.54, 1.807) is 0 Å². The Bertz CT molecular complexity index is 3400. The van der Waals surface area contributed by atoms with Crippen LogP contribution >= 0.6 is 0 Å². The van der Waals surface area contributed by atoms with Crippen molar-refractivity contribution < 1.29 is 0 Å². The summed E-state index contributed by atoms with van der Waals surface area (Å²) in [5, 5.41) is 50.7. The van der Waals surface area contributed by atoms with Crippen LogP contribution in [0.2, 0.25) is 0 Å². The predicted molar refractivity (Wildman–Crippen MR) is 229 cm³/mol. The molecule has 0 saturated carbocycles. The maximum Gasteiger partial charge on any atom is 0.125 e. The quantitative estimate of drug-likeness (QED) is 0.154. The molecule has 14 heteroatoms. The van der Waals surface area contributed by atoms with Crippen molar-refractivity contribution >= 4 is 32.7 Å². The van der Waals surface area contributed by atoms with Gasteiger partial charge in [-0.2, -0.15) is 35.7 Å². The average molecular weight is 783 g/mol. The van der Waals surface area contributed by atoms with Gasteiger partial charge >= 0.3 is 0 Å². The molecule has 0 aliphatic rings. The molecule has 0 radical (unpaired) electrons. The van der Waals surface area contributed by atoms with E-state index in [4.69, 9.17) is 30.6 Å². The fourth-order valence-corrected chi connectivity index (χ4v) is 7.80. The van der Waals surface area contributed by atoms with Gasteiger partial charge in [-0.3, -0.25) is 0 Å². The van der Waals surface area contributed by atoms with E-state index in [0.717, 1.165) is 89.4 Å². The van der Waals surface area contributed by atoms with Crippen LogP contribution < -0.4 is 0 Å².